The Morgan fingerprint density at radius 2 is 1.79 bits per heavy atom. The molecule has 1 unspecified atom stereocenters. The quantitative estimate of drug-likeness (QED) is 0.164. The monoisotopic (exact) mass is 491 g/mol. The molecule has 1 amide bonds. The van der Waals surface area contributed by atoms with Crippen molar-refractivity contribution in [3.8, 4) is 0 Å². The summed E-state index contributed by atoms with van der Waals surface area (Å²) in [5.41, 5.74) is 8.74. The van der Waals surface area contributed by atoms with Gasteiger partial charge >= 0.3 is 133 Å². The van der Waals surface area contributed by atoms with Gasteiger partial charge in [-0.15, -0.1) is 0 Å². The van der Waals surface area contributed by atoms with E-state index in [2.05, 4.69) is 17.3 Å². The first-order valence-corrected chi connectivity index (χ1v) is 13.2. The molecule has 1 saturated heterocycles. The van der Waals surface area contributed by atoms with Gasteiger partial charge in [0.1, 0.15) is 6.61 Å². The zero-order valence-corrected chi connectivity index (χ0v) is 20.4. The second-order valence-corrected chi connectivity index (χ2v) is 10.0. The van der Waals surface area contributed by atoms with E-state index in [-0.39, 0.29) is 19.1 Å². The molecule has 0 aliphatic carbocycles. The molecule has 10 heteroatoms. The maximum atomic E-state index is 12.9. The third-order valence-electron chi connectivity index (χ3n) is 5.74. The van der Waals surface area contributed by atoms with Crippen LogP contribution < -0.4 is 5.73 Å². The van der Waals surface area contributed by atoms with Gasteiger partial charge in [-0.3, -0.25) is 0 Å². The molecule has 1 aliphatic rings. The van der Waals surface area contributed by atoms with Gasteiger partial charge in [-0.05, 0) is 18.4 Å². The van der Waals surface area contributed by atoms with Crippen LogP contribution in [0.1, 0.15) is 47.7 Å². The summed E-state index contributed by atoms with van der Waals surface area (Å²) in [5, 5.41) is 4.29. The van der Waals surface area contributed by atoms with Crippen LogP contribution in [0.15, 0.2) is 59.8 Å². The number of carbonyl (C=O) groups is 1. The summed E-state index contributed by atoms with van der Waals surface area (Å²) in [4.78, 5) is 47.1. The van der Waals surface area contributed by atoms with Gasteiger partial charge in [-0.2, -0.15) is 0 Å². The number of nitrogens with zero attached hydrogens (tertiary/aromatic N) is 2. The Kier molecular flexibility index (Phi) is 9.13. The van der Waals surface area contributed by atoms with Crippen molar-refractivity contribution in [3.05, 3.63) is 71.3 Å². The topological polar surface area (TPSA) is 138 Å². The summed E-state index contributed by atoms with van der Waals surface area (Å²) in [5.74, 6) is -0.175. The van der Waals surface area contributed by atoms with Crippen LogP contribution in [0.3, 0.4) is 0 Å². The van der Waals surface area contributed by atoms with Crippen LogP contribution in [0.4, 0.5) is 0 Å². The summed E-state index contributed by atoms with van der Waals surface area (Å²) in [7, 11) is -4.64. The average molecular weight is 492 g/mol. The Morgan fingerprint density at radius 3 is 2.44 bits per heavy atom. The van der Waals surface area contributed by atoms with Gasteiger partial charge in [0.15, 0.2) is 0 Å². The average Bonchev–Trinajstić information content (AvgIpc) is 3.23. The molecule has 186 valence electrons. The molecule has 0 aromatic heterocycles. The third-order valence-corrected chi connectivity index (χ3v) is 6.28. The minimum absolute atomic E-state index is 0.175. The number of nitrogens with two attached hydrogens (primary N) is 1. The molecular weight excluding hydrogens is 457 g/mol. The first-order valence-electron chi connectivity index (χ1n) is 11.4. The van der Waals surface area contributed by atoms with E-state index in [0.717, 1.165) is 24.1 Å². The molecule has 1 atom stereocenters. The van der Waals surface area contributed by atoms with Gasteiger partial charge in [-0.1, -0.05) is 37.3 Å². The fourth-order valence-corrected chi connectivity index (χ4v) is 4.33. The van der Waals surface area contributed by atoms with E-state index in [9.17, 15) is 4.79 Å². The van der Waals surface area contributed by atoms with E-state index in [0.29, 0.717) is 31.6 Å². The molecule has 1 aliphatic heterocycles. The molecule has 2 aromatic carbocycles. The molecule has 5 N–H and O–H groups in total. The number of likely N-dealkylation sites (tertiary alicyclic amines) is 1. The van der Waals surface area contributed by atoms with Gasteiger partial charge in [0.05, 0.1) is 0 Å². The van der Waals surface area contributed by atoms with Crippen molar-refractivity contribution in [2.75, 3.05) is 26.3 Å². The van der Waals surface area contributed by atoms with Crippen molar-refractivity contribution in [1.82, 2.24) is 4.90 Å². The van der Waals surface area contributed by atoms with Crippen LogP contribution in [-0.4, -0.2) is 63.0 Å². The van der Waals surface area contributed by atoms with E-state index < -0.39 is 13.7 Å². The molecule has 0 radical (unpaired) electrons. The molecular formula is C24H34N3O6P. The van der Waals surface area contributed by atoms with Gasteiger partial charge in [0, 0.05) is 0 Å². The Labute approximate surface area is 200 Å². The van der Waals surface area contributed by atoms with Crippen molar-refractivity contribution in [3.63, 3.8) is 0 Å². The predicted octanol–water partition coefficient (Wildman–Crippen LogP) is 2.40. The Morgan fingerprint density at radius 1 is 1.12 bits per heavy atom. The van der Waals surface area contributed by atoms with Gasteiger partial charge in [-0.25, -0.2) is 0 Å². The number of aryl methyl sites for hydroxylation is 1. The number of amides is 1. The summed E-state index contributed by atoms with van der Waals surface area (Å²) >= 11 is 0. The molecule has 2 aromatic rings. The van der Waals surface area contributed by atoms with Crippen LogP contribution in [-0.2, 0) is 15.8 Å². The van der Waals surface area contributed by atoms with Gasteiger partial charge in [0.2, 0.25) is 0 Å². The number of hydrogen-bond donors (Lipinski definition) is 4. The standard InChI is InChI=1S/C24H34N3O6P/c1-2-22(26-32-16-6-9-19-7-4-3-5-8-19)20-10-12-21(13-11-20)23(28)27-15-14-24(25,17-27)18-33-34(29,30)31/h3-5,7-8,10-13,29-31,34H,2,6,9,14-18,25H2,1H3/b26-22+. The molecule has 0 spiro atoms. The third kappa shape index (κ3) is 7.84. The van der Waals surface area contributed by atoms with Crippen molar-refractivity contribution in [1.29, 1.82) is 0 Å². The molecule has 0 bridgehead atoms. The Balaban J connectivity index is 1.51. The minimum atomic E-state index is -4.64. The zero-order valence-electron chi connectivity index (χ0n) is 19.4. The number of hydrogen-bond acceptors (Lipinski definition) is 8. The van der Waals surface area contributed by atoms with Crippen LogP contribution >= 0.6 is 8.17 Å². The number of rotatable bonds is 11. The fourth-order valence-electron chi connectivity index (χ4n) is 3.85. The van der Waals surface area contributed by atoms with Crippen molar-refractivity contribution >= 4 is 19.8 Å². The second-order valence-electron chi connectivity index (χ2n) is 8.59. The van der Waals surface area contributed by atoms with Crippen molar-refractivity contribution in [2.24, 2.45) is 10.9 Å². The summed E-state index contributed by atoms with van der Waals surface area (Å²) < 4.78 is 4.69. The molecule has 3 rings (SSSR count). The van der Waals surface area contributed by atoms with Gasteiger partial charge < -0.3 is 4.84 Å². The SMILES string of the molecule is CC/C(=N\OCCCc1ccccc1)c1ccc(C(=O)N2CCC(N)(CO[PH](O)(O)O)C2)cc1. The van der Waals surface area contributed by atoms with Crippen LogP contribution in [0, 0.1) is 0 Å². The summed E-state index contributed by atoms with van der Waals surface area (Å²) in [6, 6.07) is 17.4. The van der Waals surface area contributed by atoms with E-state index in [1.165, 1.54) is 5.56 Å². The molecule has 9 nitrogen and oxygen atoms in total. The van der Waals surface area contributed by atoms with Crippen LogP contribution in [0.5, 0.6) is 0 Å². The summed E-state index contributed by atoms with van der Waals surface area (Å²) in [6.07, 6.45) is 2.93. The Bertz CT molecular complexity index is 965. The number of carbonyl (C=O) groups excluding carboxylic acids is 1. The van der Waals surface area contributed by atoms with Crippen molar-refractivity contribution in [2.45, 2.75) is 38.1 Å². The van der Waals surface area contributed by atoms with Crippen LogP contribution in [0.25, 0.3) is 0 Å². The molecule has 1 heterocycles. The summed E-state index contributed by atoms with van der Waals surface area (Å²) in [6.45, 7) is 2.89. The van der Waals surface area contributed by atoms with E-state index in [1.54, 1.807) is 17.0 Å². The number of benzene rings is 2. The van der Waals surface area contributed by atoms with E-state index in [1.807, 2.05) is 37.3 Å². The zero-order chi connectivity index (χ0) is 24.6. The fraction of sp³-hybridized carbons (Fsp3) is 0.417. The normalized spacial score (nSPS) is 19.3. The van der Waals surface area contributed by atoms with Gasteiger partial charge in [0.25, 0.3) is 0 Å². The molecule has 0 saturated carbocycles. The Hall–Kier alpha value is -2.39. The molecule has 1 fully saturated rings. The van der Waals surface area contributed by atoms with Crippen LogP contribution in [0.2, 0.25) is 0 Å². The molecule has 34 heavy (non-hydrogen) atoms. The van der Waals surface area contributed by atoms with E-state index >= 15 is 0 Å². The second kappa shape index (κ2) is 11.8. The predicted molar refractivity (Wildman–Crippen MR) is 132 cm³/mol. The first kappa shape index (κ1) is 26.2. The van der Waals surface area contributed by atoms with E-state index in [4.69, 9.17) is 29.8 Å². The number of oxime groups is 1. The maximum absolute atomic E-state index is 12.9. The first-order chi connectivity index (χ1) is 16.2. The van der Waals surface area contributed by atoms with Crippen molar-refractivity contribution < 1.29 is 28.8 Å².